The molecule has 1 aromatic heterocycles. The molecule has 9 heteroatoms. The van der Waals surface area contributed by atoms with Crippen molar-refractivity contribution in [3.63, 3.8) is 0 Å². The van der Waals surface area contributed by atoms with Crippen LogP contribution >= 0.6 is 39.1 Å². The zero-order valence-corrected chi connectivity index (χ0v) is 19.7. The van der Waals surface area contributed by atoms with Crippen LogP contribution < -0.4 is 5.43 Å². The number of rotatable bonds is 5. The van der Waals surface area contributed by atoms with Gasteiger partial charge in [0, 0.05) is 33.8 Å². The molecule has 2 N–H and O–H groups in total. The molecule has 2 heterocycles. The second-order valence-corrected chi connectivity index (χ2v) is 9.07. The molecule has 1 saturated heterocycles. The number of nitrogens with one attached hydrogen (secondary N) is 1. The Hall–Kier alpha value is -1.90. The maximum atomic E-state index is 13.1. The number of hydrogen-bond acceptors (Lipinski definition) is 4. The average Bonchev–Trinajstić information content (AvgIpc) is 3.14. The molecule has 1 amide bonds. The molecule has 2 aromatic carbocycles. The predicted molar refractivity (Wildman–Crippen MR) is 126 cm³/mol. The van der Waals surface area contributed by atoms with Gasteiger partial charge in [0.15, 0.2) is 5.69 Å². The number of aromatic nitrogens is 2. The number of carbonyl (C=O) groups is 1. The van der Waals surface area contributed by atoms with Gasteiger partial charge in [-0.2, -0.15) is 0 Å². The maximum Gasteiger partial charge on any atom is 0.286 e. The topological polar surface area (TPSA) is 70.4 Å². The molecule has 1 aliphatic rings. The Bertz CT molecular complexity index is 1100. The van der Waals surface area contributed by atoms with E-state index >= 15 is 0 Å². The highest BCUT2D eigenvalue weighted by Gasteiger charge is 2.26. The summed E-state index contributed by atoms with van der Waals surface area (Å²) < 4.78 is 2.67. The first kappa shape index (κ1) is 22.3. The maximum absolute atomic E-state index is 13.1. The van der Waals surface area contributed by atoms with Crippen LogP contribution in [0.4, 0.5) is 0 Å². The largest absolute Gasteiger partial charge is 0.390 e. The van der Waals surface area contributed by atoms with Gasteiger partial charge in [-0.15, -0.1) is 0 Å². The molecule has 3 aromatic rings. The van der Waals surface area contributed by atoms with Crippen molar-refractivity contribution in [1.82, 2.24) is 20.0 Å². The first-order chi connectivity index (χ1) is 15.0. The lowest BCUT2D eigenvalue weighted by Gasteiger charge is -2.26. The molecule has 6 nitrogen and oxygen atoms in total. The minimum absolute atomic E-state index is 0.164. The standard InChI is InChI=1S/C22H21BrCl2N4O2/c23-14-4-7-16(8-5-14)29-19(13-30)20(22(31)27-28-10-2-1-3-11-28)26-21(29)17-9-6-15(24)12-18(17)25/h4-9,12,30H,1-3,10-11,13H2,(H,27,31). The van der Waals surface area contributed by atoms with Crippen LogP contribution in [0.25, 0.3) is 17.1 Å². The number of amides is 1. The van der Waals surface area contributed by atoms with Gasteiger partial charge >= 0.3 is 0 Å². The Labute approximate surface area is 198 Å². The summed E-state index contributed by atoms with van der Waals surface area (Å²) in [4.78, 5) is 17.7. The molecule has 0 unspecified atom stereocenters. The number of aliphatic hydroxyl groups excluding tert-OH is 1. The number of carbonyl (C=O) groups excluding carboxylic acids is 1. The first-order valence-corrected chi connectivity index (χ1v) is 11.5. The Kier molecular flexibility index (Phi) is 6.99. The van der Waals surface area contributed by atoms with E-state index in [1.54, 1.807) is 22.8 Å². The number of halogens is 3. The van der Waals surface area contributed by atoms with Crippen LogP contribution in [-0.4, -0.2) is 38.7 Å². The van der Waals surface area contributed by atoms with Crippen molar-refractivity contribution in [3.8, 4) is 17.1 Å². The Morgan fingerprint density at radius 3 is 2.45 bits per heavy atom. The molecular weight excluding hydrogens is 503 g/mol. The zero-order chi connectivity index (χ0) is 22.0. The molecule has 0 atom stereocenters. The van der Waals surface area contributed by atoms with E-state index in [4.69, 9.17) is 23.2 Å². The van der Waals surface area contributed by atoms with Gasteiger partial charge in [0.05, 0.1) is 17.3 Å². The van der Waals surface area contributed by atoms with Gasteiger partial charge in [0.2, 0.25) is 0 Å². The molecule has 0 saturated carbocycles. The van der Waals surface area contributed by atoms with Crippen LogP contribution in [0.3, 0.4) is 0 Å². The number of benzene rings is 2. The lowest BCUT2D eigenvalue weighted by atomic mass is 10.2. The fraction of sp³-hybridized carbons (Fsp3) is 0.273. The van der Waals surface area contributed by atoms with Gasteiger partial charge in [0.25, 0.3) is 5.91 Å². The molecular formula is C22H21BrCl2N4O2. The zero-order valence-electron chi connectivity index (χ0n) is 16.6. The number of piperidine rings is 1. The molecule has 0 aliphatic carbocycles. The van der Waals surface area contributed by atoms with Crippen LogP contribution in [0.1, 0.15) is 35.4 Å². The van der Waals surface area contributed by atoms with Gasteiger partial charge in [-0.1, -0.05) is 45.6 Å². The van der Waals surface area contributed by atoms with Gasteiger partial charge < -0.3 is 5.11 Å². The second-order valence-electron chi connectivity index (χ2n) is 7.31. The van der Waals surface area contributed by atoms with E-state index in [1.165, 1.54) is 0 Å². The molecule has 4 rings (SSSR count). The van der Waals surface area contributed by atoms with E-state index in [1.807, 2.05) is 29.3 Å². The lowest BCUT2D eigenvalue weighted by molar-refractivity contribution is 0.0742. The summed E-state index contributed by atoms with van der Waals surface area (Å²) in [5.41, 5.74) is 4.84. The van der Waals surface area contributed by atoms with Crippen molar-refractivity contribution in [2.45, 2.75) is 25.9 Å². The summed E-state index contributed by atoms with van der Waals surface area (Å²) in [6.07, 6.45) is 3.23. The van der Waals surface area contributed by atoms with Crippen molar-refractivity contribution in [1.29, 1.82) is 0 Å². The van der Waals surface area contributed by atoms with E-state index in [-0.39, 0.29) is 18.2 Å². The SMILES string of the molecule is O=C(NN1CCCCC1)c1nc(-c2ccc(Cl)cc2Cl)n(-c2ccc(Br)cc2)c1CO. The average molecular weight is 524 g/mol. The number of aliphatic hydroxyl groups is 1. The summed E-state index contributed by atoms with van der Waals surface area (Å²) >= 11 is 16.0. The smallest absolute Gasteiger partial charge is 0.286 e. The van der Waals surface area contributed by atoms with E-state index in [0.29, 0.717) is 27.1 Å². The van der Waals surface area contributed by atoms with Crippen LogP contribution in [0, 0.1) is 0 Å². The minimum atomic E-state index is -0.364. The number of hydrazine groups is 1. The summed E-state index contributed by atoms with van der Waals surface area (Å²) in [6.45, 7) is 1.23. The first-order valence-electron chi connectivity index (χ1n) is 9.97. The number of nitrogens with zero attached hydrogens (tertiary/aromatic N) is 3. The minimum Gasteiger partial charge on any atom is -0.390 e. The quantitative estimate of drug-likeness (QED) is 0.480. The molecule has 31 heavy (non-hydrogen) atoms. The van der Waals surface area contributed by atoms with Crippen molar-refractivity contribution >= 4 is 45.0 Å². The third-order valence-electron chi connectivity index (χ3n) is 5.21. The van der Waals surface area contributed by atoms with E-state index in [0.717, 1.165) is 42.5 Å². The van der Waals surface area contributed by atoms with Gasteiger partial charge in [-0.3, -0.25) is 14.8 Å². The molecule has 0 radical (unpaired) electrons. The molecule has 0 spiro atoms. The van der Waals surface area contributed by atoms with Crippen LogP contribution in [0.5, 0.6) is 0 Å². The van der Waals surface area contributed by atoms with Crippen LogP contribution in [0.15, 0.2) is 46.9 Å². The third kappa shape index (κ3) is 4.81. The van der Waals surface area contributed by atoms with E-state index in [9.17, 15) is 9.90 Å². The third-order valence-corrected chi connectivity index (χ3v) is 6.29. The number of imidazole rings is 1. The van der Waals surface area contributed by atoms with Gasteiger partial charge in [0.1, 0.15) is 5.82 Å². The molecule has 162 valence electrons. The molecule has 1 aliphatic heterocycles. The van der Waals surface area contributed by atoms with Crippen LogP contribution in [0.2, 0.25) is 10.0 Å². The fourth-order valence-corrected chi connectivity index (χ4v) is 4.46. The van der Waals surface area contributed by atoms with Crippen molar-refractivity contribution in [3.05, 3.63) is 68.4 Å². The van der Waals surface area contributed by atoms with Gasteiger partial charge in [-0.05, 0) is 55.3 Å². The second kappa shape index (κ2) is 9.71. The van der Waals surface area contributed by atoms with E-state index < -0.39 is 0 Å². The van der Waals surface area contributed by atoms with Gasteiger partial charge in [-0.25, -0.2) is 9.99 Å². The summed E-state index contributed by atoms with van der Waals surface area (Å²) in [7, 11) is 0. The highest BCUT2D eigenvalue weighted by Crippen LogP contribution is 2.33. The summed E-state index contributed by atoms with van der Waals surface area (Å²) in [5, 5.41) is 13.0. The predicted octanol–water partition coefficient (Wildman–Crippen LogP) is 5.23. The van der Waals surface area contributed by atoms with E-state index in [2.05, 4.69) is 26.3 Å². The van der Waals surface area contributed by atoms with Crippen molar-refractivity contribution in [2.24, 2.45) is 0 Å². The Morgan fingerprint density at radius 2 is 1.81 bits per heavy atom. The van der Waals surface area contributed by atoms with Crippen molar-refractivity contribution in [2.75, 3.05) is 13.1 Å². The summed E-state index contributed by atoms with van der Waals surface area (Å²) in [6, 6.07) is 12.6. The molecule has 1 fully saturated rings. The highest BCUT2D eigenvalue weighted by atomic mass is 79.9. The number of hydrogen-bond donors (Lipinski definition) is 2. The Morgan fingerprint density at radius 1 is 1.10 bits per heavy atom. The Balaban J connectivity index is 1.84. The van der Waals surface area contributed by atoms with Crippen LogP contribution in [-0.2, 0) is 6.61 Å². The lowest BCUT2D eigenvalue weighted by Crippen LogP contribution is -2.45. The highest BCUT2D eigenvalue weighted by molar-refractivity contribution is 9.10. The molecule has 0 bridgehead atoms. The normalized spacial score (nSPS) is 14.6. The monoisotopic (exact) mass is 522 g/mol. The summed E-state index contributed by atoms with van der Waals surface area (Å²) in [5.74, 6) is 0.102. The van der Waals surface area contributed by atoms with Crippen molar-refractivity contribution < 1.29 is 9.90 Å². The fourth-order valence-electron chi connectivity index (χ4n) is 3.70.